The van der Waals surface area contributed by atoms with Gasteiger partial charge in [-0.2, -0.15) is 0 Å². The standard InChI is InChI=1S/C18H24FN3O/c19-14-3-1-13(2-4-14)16-11-17(16)18(23)22-8-5-15(12-22)21-9-6-20-7-10-21/h1-4,15-17,20H,5-12H2. The predicted octanol–water partition coefficient (Wildman–Crippen LogP) is 1.44. The first-order valence-corrected chi connectivity index (χ1v) is 8.71. The molecule has 4 rings (SSSR count). The van der Waals surface area contributed by atoms with Gasteiger partial charge in [-0.05, 0) is 36.5 Å². The summed E-state index contributed by atoms with van der Waals surface area (Å²) < 4.78 is 13.0. The normalized spacial score (nSPS) is 31.3. The van der Waals surface area contributed by atoms with E-state index in [0.29, 0.717) is 17.9 Å². The summed E-state index contributed by atoms with van der Waals surface area (Å²) in [4.78, 5) is 17.3. The number of halogens is 1. The zero-order chi connectivity index (χ0) is 15.8. The molecule has 3 fully saturated rings. The average molecular weight is 317 g/mol. The third kappa shape index (κ3) is 3.12. The van der Waals surface area contributed by atoms with Gasteiger partial charge in [0.05, 0.1) is 0 Å². The topological polar surface area (TPSA) is 35.6 Å². The summed E-state index contributed by atoms with van der Waals surface area (Å²) in [7, 11) is 0. The van der Waals surface area contributed by atoms with E-state index in [9.17, 15) is 9.18 Å². The fourth-order valence-corrected chi connectivity index (χ4v) is 4.07. The lowest BCUT2D eigenvalue weighted by atomic mass is 10.1. The lowest BCUT2D eigenvalue weighted by Gasteiger charge is -2.32. The summed E-state index contributed by atoms with van der Waals surface area (Å²) in [6.45, 7) is 6.06. The summed E-state index contributed by atoms with van der Waals surface area (Å²) in [6, 6.07) is 7.16. The van der Waals surface area contributed by atoms with E-state index in [1.165, 1.54) is 12.1 Å². The second-order valence-corrected chi connectivity index (χ2v) is 7.01. The van der Waals surface area contributed by atoms with Crippen molar-refractivity contribution in [2.45, 2.75) is 24.8 Å². The molecule has 2 saturated heterocycles. The molecule has 2 aliphatic heterocycles. The quantitative estimate of drug-likeness (QED) is 0.916. The fourth-order valence-electron chi connectivity index (χ4n) is 4.07. The SMILES string of the molecule is O=C(C1CC1c1ccc(F)cc1)N1CCC(N2CCNCC2)C1. The lowest BCUT2D eigenvalue weighted by Crippen LogP contribution is -2.49. The van der Waals surface area contributed by atoms with Crippen LogP contribution in [0.4, 0.5) is 4.39 Å². The summed E-state index contributed by atoms with van der Waals surface area (Å²) in [5.41, 5.74) is 1.10. The van der Waals surface area contributed by atoms with E-state index < -0.39 is 0 Å². The molecule has 4 nitrogen and oxygen atoms in total. The second kappa shape index (κ2) is 6.21. The molecule has 0 radical (unpaired) electrons. The summed E-state index contributed by atoms with van der Waals surface area (Å²) in [5, 5.41) is 3.38. The maximum absolute atomic E-state index is 13.0. The third-order valence-electron chi connectivity index (χ3n) is 5.55. The van der Waals surface area contributed by atoms with Crippen LogP contribution in [0.1, 0.15) is 24.3 Å². The highest BCUT2D eigenvalue weighted by Crippen LogP contribution is 2.48. The number of carbonyl (C=O) groups is 1. The van der Waals surface area contributed by atoms with Gasteiger partial charge in [0.2, 0.25) is 5.91 Å². The number of benzene rings is 1. The van der Waals surface area contributed by atoms with Crippen molar-refractivity contribution in [1.82, 2.24) is 15.1 Å². The first kappa shape index (κ1) is 15.1. The summed E-state index contributed by atoms with van der Waals surface area (Å²) in [5.74, 6) is 0.496. The Morgan fingerprint density at radius 2 is 1.87 bits per heavy atom. The number of hydrogen-bond acceptors (Lipinski definition) is 3. The van der Waals surface area contributed by atoms with Gasteiger partial charge in [-0.3, -0.25) is 9.69 Å². The highest BCUT2D eigenvalue weighted by molar-refractivity contribution is 5.83. The van der Waals surface area contributed by atoms with Crippen LogP contribution in [0.5, 0.6) is 0 Å². The van der Waals surface area contributed by atoms with Crippen LogP contribution >= 0.6 is 0 Å². The van der Waals surface area contributed by atoms with Crippen molar-refractivity contribution in [3.8, 4) is 0 Å². The first-order chi connectivity index (χ1) is 11.2. The van der Waals surface area contributed by atoms with Gasteiger partial charge in [0.15, 0.2) is 0 Å². The van der Waals surface area contributed by atoms with Crippen molar-refractivity contribution in [3.63, 3.8) is 0 Å². The third-order valence-corrected chi connectivity index (χ3v) is 5.55. The second-order valence-electron chi connectivity index (χ2n) is 7.01. The Balaban J connectivity index is 1.33. The Bertz CT molecular complexity index is 570. The van der Waals surface area contributed by atoms with Crippen LogP contribution in [0.3, 0.4) is 0 Å². The Morgan fingerprint density at radius 3 is 2.61 bits per heavy atom. The van der Waals surface area contributed by atoms with Crippen LogP contribution in [0.25, 0.3) is 0 Å². The molecule has 124 valence electrons. The molecule has 0 aromatic heterocycles. The highest BCUT2D eigenvalue weighted by atomic mass is 19.1. The van der Waals surface area contributed by atoms with Crippen molar-refractivity contribution in [3.05, 3.63) is 35.6 Å². The Kier molecular flexibility index (Phi) is 4.07. The van der Waals surface area contributed by atoms with E-state index in [1.807, 2.05) is 12.1 Å². The number of rotatable bonds is 3. The number of nitrogens with zero attached hydrogens (tertiary/aromatic N) is 2. The van der Waals surface area contributed by atoms with Crippen LogP contribution in [0.2, 0.25) is 0 Å². The van der Waals surface area contributed by atoms with E-state index in [0.717, 1.165) is 57.7 Å². The van der Waals surface area contributed by atoms with E-state index >= 15 is 0 Å². The molecule has 3 aliphatic rings. The largest absolute Gasteiger partial charge is 0.341 e. The van der Waals surface area contributed by atoms with Crippen LogP contribution in [0, 0.1) is 11.7 Å². The summed E-state index contributed by atoms with van der Waals surface area (Å²) >= 11 is 0. The monoisotopic (exact) mass is 317 g/mol. The molecule has 3 atom stereocenters. The molecule has 1 N–H and O–H groups in total. The van der Waals surface area contributed by atoms with Gasteiger partial charge in [0.1, 0.15) is 5.82 Å². The minimum atomic E-state index is -0.212. The molecule has 2 heterocycles. The van der Waals surface area contributed by atoms with Crippen LogP contribution in [0.15, 0.2) is 24.3 Å². The van der Waals surface area contributed by atoms with E-state index in [-0.39, 0.29) is 11.7 Å². The predicted molar refractivity (Wildman–Crippen MR) is 86.7 cm³/mol. The van der Waals surface area contributed by atoms with Crippen LogP contribution in [-0.2, 0) is 4.79 Å². The molecule has 5 heteroatoms. The van der Waals surface area contributed by atoms with Gasteiger partial charge in [-0.25, -0.2) is 4.39 Å². The number of piperazine rings is 1. The highest BCUT2D eigenvalue weighted by Gasteiger charge is 2.47. The molecule has 3 unspecified atom stereocenters. The average Bonchev–Trinajstić information content (AvgIpc) is 3.23. The number of likely N-dealkylation sites (tertiary alicyclic amines) is 1. The van der Waals surface area contributed by atoms with Crippen LogP contribution in [-0.4, -0.2) is 61.0 Å². The van der Waals surface area contributed by atoms with Crippen molar-refractivity contribution >= 4 is 5.91 Å². The maximum Gasteiger partial charge on any atom is 0.226 e. The number of hydrogen-bond donors (Lipinski definition) is 1. The van der Waals surface area contributed by atoms with Gasteiger partial charge < -0.3 is 10.2 Å². The van der Waals surface area contributed by atoms with E-state index in [4.69, 9.17) is 0 Å². The van der Waals surface area contributed by atoms with Crippen molar-refractivity contribution in [1.29, 1.82) is 0 Å². The molecule has 1 saturated carbocycles. The zero-order valence-electron chi connectivity index (χ0n) is 13.4. The minimum absolute atomic E-state index is 0.113. The van der Waals surface area contributed by atoms with Gasteiger partial charge in [0.25, 0.3) is 0 Å². The van der Waals surface area contributed by atoms with E-state index in [2.05, 4.69) is 15.1 Å². The fraction of sp³-hybridized carbons (Fsp3) is 0.611. The van der Waals surface area contributed by atoms with Gasteiger partial charge >= 0.3 is 0 Å². The maximum atomic E-state index is 13.0. The molecular weight excluding hydrogens is 293 g/mol. The molecule has 1 aromatic carbocycles. The molecule has 23 heavy (non-hydrogen) atoms. The van der Waals surface area contributed by atoms with Crippen LogP contribution < -0.4 is 5.32 Å². The number of nitrogens with one attached hydrogen (secondary N) is 1. The smallest absolute Gasteiger partial charge is 0.226 e. The Labute approximate surface area is 136 Å². The minimum Gasteiger partial charge on any atom is -0.341 e. The van der Waals surface area contributed by atoms with Gasteiger partial charge in [-0.1, -0.05) is 12.1 Å². The van der Waals surface area contributed by atoms with Gasteiger partial charge in [-0.15, -0.1) is 0 Å². The number of carbonyl (C=O) groups excluding carboxylic acids is 1. The Morgan fingerprint density at radius 1 is 1.13 bits per heavy atom. The first-order valence-electron chi connectivity index (χ1n) is 8.71. The van der Waals surface area contributed by atoms with Crippen molar-refractivity contribution < 1.29 is 9.18 Å². The lowest BCUT2D eigenvalue weighted by molar-refractivity contribution is -0.131. The molecule has 1 aromatic rings. The zero-order valence-corrected chi connectivity index (χ0v) is 13.4. The van der Waals surface area contributed by atoms with Crippen molar-refractivity contribution in [2.75, 3.05) is 39.3 Å². The molecule has 0 spiro atoms. The molecular formula is C18H24FN3O. The van der Waals surface area contributed by atoms with E-state index in [1.54, 1.807) is 0 Å². The summed E-state index contributed by atoms with van der Waals surface area (Å²) in [6.07, 6.45) is 2.01. The van der Waals surface area contributed by atoms with Gasteiger partial charge in [0, 0.05) is 51.2 Å². The molecule has 1 amide bonds. The molecule has 1 aliphatic carbocycles. The molecule has 0 bridgehead atoms. The van der Waals surface area contributed by atoms with Crippen molar-refractivity contribution in [2.24, 2.45) is 5.92 Å². The number of amides is 1. The Hall–Kier alpha value is -1.46.